The number of benzene rings is 1. The van der Waals surface area contributed by atoms with Crippen LogP contribution in [0.15, 0.2) is 58.4 Å². The number of sulfone groups is 1. The van der Waals surface area contributed by atoms with Crippen LogP contribution >= 0.6 is 0 Å². The van der Waals surface area contributed by atoms with Gasteiger partial charge in [0.2, 0.25) is 9.84 Å². The first-order valence-corrected chi connectivity index (χ1v) is 6.99. The first-order chi connectivity index (χ1) is 8.18. The number of rotatable bonds is 2. The molecule has 1 aromatic rings. The zero-order valence-electron chi connectivity index (χ0n) is 9.11. The molecule has 1 aliphatic carbocycles. The first-order valence-electron chi connectivity index (χ1n) is 5.51. The van der Waals surface area contributed by atoms with Crippen LogP contribution in [0.1, 0.15) is 6.42 Å². The van der Waals surface area contributed by atoms with Gasteiger partial charge in [-0.25, -0.2) is 8.42 Å². The molecule has 0 bridgehead atoms. The Hall–Kier alpha value is -1.39. The van der Waals surface area contributed by atoms with E-state index in [1.165, 1.54) is 0 Å². The van der Waals surface area contributed by atoms with Crippen LogP contribution < -0.4 is 0 Å². The average Bonchev–Trinajstić information content (AvgIpc) is 3.06. The maximum atomic E-state index is 12.3. The van der Waals surface area contributed by atoms with Gasteiger partial charge in [-0.15, -0.1) is 0 Å². The van der Waals surface area contributed by atoms with E-state index in [0.29, 0.717) is 16.2 Å². The number of fused-ring (bicyclic) bond motifs is 1. The molecule has 0 saturated carbocycles. The van der Waals surface area contributed by atoms with Gasteiger partial charge in [0, 0.05) is 6.42 Å². The van der Waals surface area contributed by atoms with Crippen molar-refractivity contribution >= 4 is 9.84 Å². The highest BCUT2D eigenvalue weighted by Crippen LogP contribution is 2.35. The third kappa shape index (κ3) is 1.94. The second-order valence-corrected chi connectivity index (χ2v) is 6.18. The lowest BCUT2D eigenvalue weighted by Crippen LogP contribution is -2.07. The molecular weight excluding hydrogens is 236 g/mol. The molecule has 1 saturated heterocycles. The molecule has 0 radical (unpaired) electrons. The Bertz CT molecular complexity index is 584. The number of ether oxygens (including phenoxy) is 1. The zero-order chi connectivity index (χ0) is 11.9. The molecule has 1 aliphatic heterocycles. The van der Waals surface area contributed by atoms with E-state index in [1.54, 1.807) is 42.5 Å². The van der Waals surface area contributed by atoms with Crippen LogP contribution in [-0.2, 0) is 14.6 Å². The van der Waals surface area contributed by atoms with Crippen molar-refractivity contribution in [3.8, 4) is 0 Å². The molecular formula is C13H12O3S. The third-order valence-electron chi connectivity index (χ3n) is 3.01. The second kappa shape index (κ2) is 3.82. The number of hydrogen-bond donors (Lipinski definition) is 0. The summed E-state index contributed by atoms with van der Waals surface area (Å²) in [6.45, 7) is 0. The van der Waals surface area contributed by atoms with Crippen molar-refractivity contribution in [2.45, 2.75) is 23.5 Å². The number of allylic oxidation sites excluding steroid dienone is 2. The van der Waals surface area contributed by atoms with Crippen LogP contribution in [0.25, 0.3) is 0 Å². The second-order valence-electron chi connectivity index (χ2n) is 4.18. The SMILES string of the molecule is O=S(=O)(C1=CC=CC2OC2C1)c1ccccc1. The normalized spacial score (nSPS) is 26.9. The average molecular weight is 248 g/mol. The maximum absolute atomic E-state index is 12.3. The lowest BCUT2D eigenvalue weighted by Gasteiger charge is -2.06. The van der Waals surface area contributed by atoms with Crippen LogP contribution in [-0.4, -0.2) is 20.6 Å². The van der Waals surface area contributed by atoms with Gasteiger partial charge < -0.3 is 4.74 Å². The van der Waals surface area contributed by atoms with E-state index in [0.717, 1.165) is 0 Å². The molecule has 2 atom stereocenters. The van der Waals surface area contributed by atoms with E-state index in [4.69, 9.17) is 4.74 Å². The molecule has 2 unspecified atom stereocenters. The van der Waals surface area contributed by atoms with Crippen LogP contribution in [0.5, 0.6) is 0 Å². The standard InChI is InChI=1S/C13H12O3S/c14-17(15,10-5-2-1-3-6-10)11-7-4-8-12-13(9-11)16-12/h1-8,12-13H,9H2. The van der Waals surface area contributed by atoms with Crippen LogP contribution in [0, 0.1) is 0 Å². The predicted molar refractivity (Wildman–Crippen MR) is 64.1 cm³/mol. The molecule has 0 spiro atoms. The molecule has 4 heteroatoms. The van der Waals surface area contributed by atoms with Crippen LogP contribution in [0.3, 0.4) is 0 Å². The number of hydrogen-bond acceptors (Lipinski definition) is 3. The molecule has 1 aromatic carbocycles. The summed E-state index contributed by atoms with van der Waals surface area (Å²) in [5, 5.41) is 0. The summed E-state index contributed by atoms with van der Waals surface area (Å²) < 4.78 is 30.0. The fraction of sp³-hybridized carbons (Fsp3) is 0.231. The third-order valence-corrected chi connectivity index (χ3v) is 4.89. The molecule has 88 valence electrons. The summed E-state index contributed by atoms with van der Waals surface area (Å²) in [4.78, 5) is 0.781. The first kappa shape index (κ1) is 10.7. The summed E-state index contributed by atoms with van der Waals surface area (Å²) in [6.07, 6.45) is 5.96. The Morgan fingerprint density at radius 3 is 2.71 bits per heavy atom. The molecule has 3 nitrogen and oxygen atoms in total. The highest BCUT2D eigenvalue weighted by molar-refractivity contribution is 7.95. The summed E-state index contributed by atoms with van der Waals surface area (Å²) in [5.74, 6) is 0. The largest absolute Gasteiger partial charge is 0.365 e. The van der Waals surface area contributed by atoms with Crippen molar-refractivity contribution < 1.29 is 13.2 Å². The van der Waals surface area contributed by atoms with Crippen molar-refractivity contribution in [2.24, 2.45) is 0 Å². The lowest BCUT2D eigenvalue weighted by atomic mass is 10.2. The zero-order valence-corrected chi connectivity index (χ0v) is 9.93. The Morgan fingerprint density at radius 2 is 1.94 bits per heavy atom. The van der Waals surface area contributed by atoms with Gasteiger partial charge in [0.25, 0.3) is 0 Å². The van der Waals surface area contributed by atoms with E-state index < -0.39 is 9.84 Å². The topological polar surface area (TPSA) is 46.7 Å². The van der Waals surface area contributed by atoms with Crippen molar-refractivity contribution in [3.05, 3.63) is 53.5 Å². The maximum Gasteiger partial charge on any atom is 0.202 e. The monoisotopic (exact) mass is 248 g/mol. The predicted octanol–water partition coefficient (Wildman–Crippen LogP) is 2.07. The number of epoxide rings is 1. The highest BCUT2D eigenvalue weighted by atomic mass is 32.2. The van der Waals surface area contributed by atoms with Gasteiger partial charge in [0.05, 0.1) is 15.9 Å². The van der Waals surface area contributed by atoms with E-state index in [-0.39, 0.29) is 12.2 Å². The smallest absolute Gasteiger partial charge is 0.202 e. The molecule has 0 aromatic heterocycles. The molecule has 1 fully saturated rings. The molecule has 2 aliphatic rings. The minimum Gasteiger partial charge on any atom is -0.365 e. The minimum absolute atomic E-state index is 0.0403. The summed E-state index contributed by atoms with van der Waals surface area (Å²) in [5.41, 5.74) is 0. The Morgan fingerprint density at radius 1 is 1.18 bits per heavy atom. The fourth-order valence-corrected chi connectivity index (χ4v) is 3.44. The van der Waals surface area contributed by atoms with Gasteiger partial charge in [-0.1, -0.05) is 30.4 Å². The molecule has 0 N–H and O–H groups in total. The van der Waals surface area contributed by atoms with Crippen LogP contribution in [0.4, 0.5) is 0 Å². The van der Waals surface area contributed by atoms with Gasteiger partial charge in [-0.05, 0) is 18.2 Å². The highest BCUT2D eigenvalue weighted by Gasteiger charge is 2.40. The van der Waals surface area contributed by atoms with Crippen molar-refractivity contribution in [2.75, 3.05) is 0 Å². The van der Waals surface area contributed by atoms with Crippen molar-refractivity contribution in [1.82, 2.24) is 0 Å². The lowest BCUT2D eigenvalue weighted by molar-refractivity contribution is 0.388. The van der Waals surface area contributed by atoms with Gasteiger partial charge in [0.1, 0.15) is 6.10 Å². The van der Waals surface area contributed by atoms with Crippen molar-refractivity contribution in [3.63, 3.8) is 0 Å². The summed E-state index contributed by atoms with van der Waals surface area (Å²) >= 11 is 0. The van der Waals surface area contributed by atoms with Gasteiger partial charge in [-0.3, -0.25) is 0 Å². The fourth-order valence-electron chi connectivity index (χ4n) is 1.98. The summed E-state index contributed by atoms with van der Waals surface area (Å²) in [6, 6.07) is 8.51. The molecule has 0 amide bonds. The Kier molecular flexibility index (Phi) is 2.42. The minimum atomic E-state index is -3.36. The van der Waals surface area contributed by atoms with Gasteiger partial charge in [-0.2, -0.15) is 0 Å². The molecule has 17 heavy (non-hydrogen) atoms. The van der Waals surface area contributed by atoms with E-state index in [1.807, 2.05) is 6.08 Å². The Labute approximate surface area is 100 Å². The summed E-state index contributed by atoms with van der Waals surface area (Å²) in [7, 11) is -3.36. The van der Waals surface area contributed by atoms with E-state index in [9.17, 15) is 8.42 Å². The van der Waals surface area contributed by atoms with Crippen molar-refractivity contribution in [1.29, 1.82) is 0 Å². The molecule has 1 heterocycles. The quantitative estimate of drug-likeness (QED) is 0.753. The Balaban J connectivity index is 1.98. The van der Waals surface area contributed by atoms with Gasteiger partial charge >= 0.3 is 0 Å². The van der Waals surface area contributed by atoms with Gasteiger partial charge in [0.15, 0.2) is 0 Å². The van der Waals surface area contributed by atoms with E-state index in [2.05, 4.69) is 0 Å². The van der Waals surface area contributed by atoms with Crippen LogP contribution in [0.2, 0.25) is 0 Å². The molecule has 3 rings (SSSR count). The van der Waals surface area contributed by atoms with E-state index >= 15 is 0 Å².